The predicted octanol–water partition coefficient (Wildman–Crippen LogP) is 5.50. The van der Waals surface area contributed by atoms with E-state index < -0.39 is 0 Å². The van der Waals surface area contributed by atoms with Crippen molar-refractivity contribution < 1.29 is 8.78 Å². The highest BCUT2D eigenvalue weighted by Crippen LogP contribution is 2.30. The lowest BCUT2D eigenvalue weighted by Gasteiger charge is -2.10. The van der Waals surface area contributed by atoms with E-state index in [0.29, 0.717) is 22.3 Å². The molecule has 4 rings (SSSR count). The molecule has 0 atom stereocenters. The topological polar surface area (TPSA) is 30.7 Å². The number of halogens is 2. The van der Waals surface area contributed by atoms with Gasteiger partial charge in [-0.25, -0.2) is 8.78 Å². The van der Waals surface area contributed by atoms with Crippen LogP contribution in [-0.2, 0) is 5.75 Å². The fourth-order valence-corrected chi connectivity index (χ4v) is 3.66. The van der Waals surface area contributed by atoms with Crippen LogP contribution in [0, 0.1) is 11.6 Å². The fraction of sp³-hybridized carbons (Fsp3) is 0.0476. The summed E-state index contributed by atoms with van der Waals surface area (Å²) >= 11 is 1.40. The van der Waals surface area contributed by atoms with E-state index in [0.717, 1.165) is 11.3 Å². The minimum atomic E-state index is -0.307. The molecule has 0 aliphatic heterocycles. The first kappa shape index (κ1) is 17.4. The van der Waals surface area contributed by atoms with Gasteiger partial charge in [0.15, 0.2) is 11.0 Å². The summed E-state index contributed by atoms with van der Waals surface area (Å²) in [4.78, 5) is 0. The van der Waals surface area contributed by atoms with Crippen molar-refractivity contribution in [3.8, 4) is 17.1 Å². The van der Waals surface area contributed by atoms with Crippen LogP contribution in [0.15, 0.2) is 84.0 Å². The Morgan fingerprint density at radius 1 is 0.778 bits per heavy atom. The van der Waals surface area contributed by atoms with Gasteiger partial charge in [-0.05, 0) is 48.0 Å². The molecule has 27 heavy (non-hydrogen) atoms. The van der Waals surface area contributed by atoms with Crippen LogP contribution in [0.25, 0.3) is 17.1 Å². The van der Waals surface area contributed by atoms with E-state index in [1.165, 1.54) is 30.0 Å². The molecule has 0 saturated heterocycles. The monoisotopic (exact) mass is 379 g/mol. The number of benzene rings is 3. The SMILES string of the molecule is Fc1ccc(-c2nnc(SCc3ccccc3F)n2-c2ccccc2)cc1. The molecule has 0 amide bonds. The van der Waals surface area contributed by atoms with Gasteiger partial charge in [0.25, 0.3) is 0 Å². The second kappa shape index (κ2) is 7.72. The van der Waals surface area contributed by atoms with Gasteiger partial charge < -0.3 is 0 Å². The zero-order valence-corrected chi connectivity index (χ0v) is 15.0. The van der Waals surface area contributed by atoms with Gasteiger partial charge >= 0.3 is 0 Å². The minimum Gasteiger partial charge on any atom is -0.270 e. The van der Waals surface area contributed by atoms with Crippen LogP contribution in [0.2, 0.25) is 0 Å². The van der Waals surface area contributed by atoms with Gasteiger partial charge in [-0.2, -0.15) is 0 Å². The summed E-state index contributed by atoms with van der Waals surface area (Å²) < 4.78 is 29.1. The average Bonchev–Trinajstić information content (AvgIpc) is 3.12. The van der Waals surface area contributed by atoms with E-state index in [-0.39, 0.29) is 11.6 Å². The zero-order valence-electron chi connectivity index (χ0n) is 14.2. The number of hydrogen-bond donors (Lipinski definition) is 0. The van der Waals surface area contributed by atoms with Crippen molar-refractivity contribution in [3.63, 3.8) is 0 Å². The van der Waals surface area contributed by atoms with Crippen LogP contribution in [0.5, 0.6) is 0 Å². The molecular formula is C21H15F2N3S. The molecule has 3 nitrogen and oxygen atoms in total. The first-order valence-corrected chi connectivity index (χ1v) is 9.34. The summed E-state index contributed by atoms with van der Waals surface area (Å²) in [5, 5.41) is 9.24. The number of rotatable bonds is 5. The molecule has 0 spiro atoms. The second-order valence-electron chi connectivity index (χ2n) is 5.86. The molecule has 0 radical (unpaired) electrons. The van der Waals surface area contributed by atoms with Crippen LogP contribution in [0.3, 0.4) is 0 Å². The predicted molar refractivity (Wildman–Crippen MR) is 103 cm³/mol. The lowest BCUT2D eigenvalue weighted by Crippen LogP contribution is -2.00. The third-order valence-electron chi connectivity index (χ3n) is 4.06. The number of thioether (sulfide) groups is 1. The standard InChI is InChI=1S/C21H15F2N3S/c22-17-12-10-15(11-13-17)20-24-25-21(26(20)18-7-2-1-3-8-18)27-14-16-6-4-5-9-19(16)23/h1-13H,14H2. The number of hydrogen-bond acceptors (Lipinski definition) is 3. The maximum absolute atomic E-state index is 13.9. The van der Waals surface area contributed by atoms with Gasteiger partial charge in [0.05, 0.1) is 0 Å². The molecule has 0 N–H and O–H groups in total. The normalized spacial score (nSPS) is 10.9. The van der Waals surface area contributed by atoms with Crippen molar-refractivity contribution in [2.45, 2.75) is 10.9 Å². The Morgan fingerprint density at radius 3 is 2.22 bits per heavy atom. The third-order valence-corrected chi connectivity index (χ3v) is 5.04. The van der Waals surface area contributed by atoms with Crippen molar-refractivity contribution in [2.75, 3.05) is 0 Å². The van der Waals surface area contributed by atoms with Crippen molar-refractivity contribution in [1.29, 1.82) is 0 Å². The molecular weight excluding hydrogens is 364 g/mol. The number of aromatic nitrogens is 3. The van der Waals surface area contributed by atoms with E-state index >= 15 is 0 Å². The van der Waals surface area contributed by atoms with E-state index in [4.69, 9.17) is 0 Å². The van der Waals surface area contributed by atoms with Gasteiger partial charge in [0.2, 0.25) is 0 Å². The smallest absolute Gasteiger partial charge is 0.196 e. The maximum Gasteiger partial charge on any atom is 0.196 e. The summed E-state index contributed by atoms with van der Waals surface area (Å²) in [5.74, 6) is 0.492. The Kier molecular flexibility index (Phi) is 4.98. The van der Waals surface area contributed by atoms with E-state index in [1.54, 1.807) is 24.3 Å². The summed E-state index contributed by atoms with van der Waals surface area (Å²) in [5.41, 5.74) is 2.25. The van der Waals surface area contributed by atoms with Crippen molar-refractivity contribution in [2.24, 2.45) is 0 Å². The lowest BCUT2D eigenvalue weighted by molar-refractivity contribution is 0.617. The van der Waals surface area contributed by atoms with Gasteiger partial charge in [-0.1, -0.05) is 48.2 Å². The first-order chi connectivity index (χ1) is 13.2. The van der Waals surface area contributed by atoms with Gasteiger partial charge in [-0.15, -0.1) is 10.2 Å². The van der Waals surface area contributed by atoms with Crippen molar-refractivity contribution >= 4 is 11.8 Å². The van der Waals surface area contributed by atoms with Gasteiger partial charge in [-0.3, -0.25) is 4.57 Å². The zero-order chi connectivity index (χ0) is 18.6. The molecule has 1 heterocycles. The summed E-state index contributed by atoms with van der Waals surface area (Å²) in [6, 6.07) is 22.5. The second-order valence-corrected chi connectivity index (χ2v) is 6.81. The minimum absolute atomic E-state index is 0.241. The quantitative estimate of drug-likeness (QED) is 0.429. The first-order valence-electron chi connectivity index (χ1n) is 8.35. The lowest BCUT2D eigenvalue weighted by atomic mass is 10.2. The van der Waals surface area contributed by atoms with Crippen molar-refractivity contribution in [3.05, 3.63) is 96.1 Å². The Morgan fingerprint density at radius 2 is 1.48 bits per heavy atom. The molecule has 0 aliphatic rings. The molecule has 6 heteroatoms. The summed E-state index contributed by atoms with van der Waals surface area (Å²) in [6.07, 6.45) is 0. The largest absolute Gasteiger partial charge is 0.270 e. The summed E-state index contributed by atoms with van der Waals surface area (Å²) in [6.45, 7) is 0. The highest BCUT2D eigenvalue weighted by Gasteiger charge is 2.16. The van der Waals surface area contributed by atoms with E-state index in [9.17, 15) is 8.78 Å². The Labute approximate surface area is 159 Å². The molecule has 3 aromatic carbocycles. The highest BCUT2D eigenvalue weighted by atomic mass is 32.2. The highest BCUT2D eigenvalue weighted by molar-refractivity contribution is 7.98. The van der Waals surface area contributed by atoms with Crippen LogP contribution >= 0.6 is 11.8 Å². The number of para-hydroxylation sites is 1. The molecule has 4 aromatic rings. The molecule has 1 aromatic heterocycles. The summed E-state index contributed by atoms with van der Waals surface area (Å²) in [7, 11) is 0. The van der Waals surface area contributed by atoms with Crippen LogP contribution in [0.1, 0.15) is 5.56 Å². The van der Waals surface area contributed by atoms with Gasteiger partial charge in [0.1, 0.15) is 11.6 Å². The van der Waals surface area contributed by atoms with Crippen LogP contribution in [0.4, 0.5) is 8.78 Å². The molecule has 0 unspecified atom stereocenters. The number of nitrogens with zero attached hydrogens (tertiary/aromatic N) is 3. The van der Waals surface area contributed by atoms with Gasteiger partial charge in [0, 0.05) is 17.0 Å². The molecule has 0 aliphatic carbocycles. The molecule has 0 fully saturated rings. The van der Waals surface area contributed by atoms with E-state index in [2.05, 4.69) is 10.2 Å². The van der Waals surface area contributed by atoms with Crippen molar-refractivity contribution in [1.82, 2.24) is 14.8 Å². The van der Waals surface area contributed by atoms with Crippen LogP contribution < -0.4 is 0 Å². The maximum atomic E-state index is 13.9. The van der Waals surface area contributed by atoms with Crippen LogP contribution in [-0.4, -0.2) is 14.8 Å². The average molecular weight is 379 g/mol. The molecule has 134 valence electrons. The Balaban J connectivity index is 1.73. The van der Waals surface area contributed by atoms with E-state index in [1.807, 2.05) is 41.0 Å². The fourth-order valence-electron chi connectivity index (χ4n) is 2.72. The Hall–Kier alpha value is -2.99. The molecule has 0 bridgehead atoms. The Bertz CT molecular complexity index is 1050. The third kappa shape index (κ3) is 3.75. The molecule has 0 saturated carbocycles.